The highest BCUT2D eigenvalue weighted by Gasteiger charge is 2.40. The first-order valence-electron chi connectivity index (χ1n) is 14.4. The van der Waals surface area contributed by atoms with Crippen LogP contribution in [-0.2, 0) is 24.9 Å². The zero-order chi connectivity index (χ0) is 28.6. The summed E-state index contributed by atoms with van der Waals surface area (Å²) in [5.41, 5.74) is 5.98. The Balaban J connectivity index is 1.48. The predicted molar refractivity (Wildman–Crippen MR) is 157 cm³/mol. The van der Waals surface area contributed by atoms with E-state index in [0.717, 1.165) is 59.1 Å². The van der Waals surface area contributed by atoms with Gasteiger partial charge in [-0.05, 0) is 93.4 Å². The summed E-state index contributed by atoms with van der Waals surface area (Å²) in [5, 5.41) is 18.9. The summed E-state index contributed by atoms with van der Waals surface area (Å²) in [6, 6.07) is 10.4. The van der Waals surface area contributed by atoms with E-state index in [4.69, 9.17) is 4.98 Å². The Hall–Kier alpha value is -3.52. The first-order valence-corrected chi connectivity index (χ1v) is 14.4. The number of benzene rings is 2. The van der Waals surface area contributed by atoms with Gasteiger partial charge in [0.15, 0.2) is 0 Å². The lowest BCUT2D eigenvalue weighted by Gasteiger charge is -2.33. The van der Waals surface area contributed by atoms with Gasteiger partial charge in [0.05, 0.1) is 17.5 Å². The van der Waals surface area contributed by atoms with Crippen LogP contribution in [0.3, 0.4) is 0 Å². The molecule has 8 heteroatoms. The van der Waals surface area contributed by atoms with Crippen LogP contribution in [0.15, 0.2) is 42.7 Å². The Morgan fingerprint density at radius 2 is 1.88 bits per heavy atom. The minimum atomic E-state index is -1.04. The number of hydrogen-bond acceptors (Lipinski definition) is 5. The number of piperidine rings is 1. The van der Waals surface area contributed by atoms with E-state index in [0.29, 0.717) is 6.54 Å². The largest absolute Gasteiger partial charge is 0.481 e. The molecule has 1 atom stereocenters. The number of carboxylic acids is 1. The molecular weight excluding hydrogens is 500 g/mol. The van der Waals surface area contributed by atoms with Crippen LogP contribution in [0.2, 0.25) is 0 Å². The number of nitrogens with zero attached hydrogens (tertiary/aromatic N) is 6. The molecule has 0 saturated carbocycles. The quantitative estimate of drug-likeness (QED) is 0.292. The van der Waals surface area contributed by atoms with Gasteiger partial charge in [-0.3, -0.25) is 9.69 Å². The molecule has 40 heavy (non-hydrogen) atoms. The van der Waals surface area contributed by atoms with Crippen molar-refractivity contribution in [3.8, 4) is 0 Å². The molecule has 212 valence electrons. The highest BCUT2D eigenvalue weighted by atomic mass is 16.4. The van der Waals surface area contributed by atoms with Crippen molar-refractivity contribution in [2.75, 3.05) is 13.1 Å². The first kappa shape index (κ1) is 28.0. The Labute approximate surface area is 237 Å². The summed E-state index contributed by atoms with van der Waals surface area (Å²) >= 11 is 0. The fraction of sp³-hybridized carbons (Fsp3) is 0.500. The van der Waals surface area contributed by atoms with E-state index >= 15 is 0 Å². The van der Waals surface area contributed by atoms with E-state index in [2.05, 4.69) is 58.0 Å². The first-order chi connectivity index (χ1) is 19.1. The third-order valence-electron chi connectivity index (χ3n) is 9.16. The number of carbonyl (C=O) groups is 1. The molecule has 0 aliphatic carbocycles. The van der Waals surface area contributed by atoms with Gasteiger partial charge in [-0.2, -0.15) is 0 Å². The number of aromatic nitrogens is 5. The average Bonchev–Trinajstić information content (AvgIpc) is 3.53. The summed E-state index contributed by atoms with van der Waals surface area (Å²) in [6.45, 7) is 13.9. The van der Waals surface area contributed by atoms with Crippen molar-refractivity contribution in [2.45, 2.75) is 72.9 Å². The van der Waals surface area contributed by atoms with Crippen molar-refractivity contribution in [3.63, 3.8) is 0 Å². The molecule has 1 aliphatic rings. The molecule has 0 spiro atoms. The maximum atomic E-state index is 12.6. The second-order valence-corrected chi connectivity index (χ2v) is 12.1. The second kappa shape index (κ2) is 11.2. The van der Waals surface area contributed by atoms with Gasteiger partial charge >= 0.3 is 5.97 Å². The highest BCUT2D eigenvalue weighted by Crippen LogP contribution is 2.44. The number of aryl methyl sites for hydroxylation is 3. The third-order valence-corrected chi connectivity index (χ3v) is 9.16. The van der Waals surface area contributed by atoms with Crippen molar-refractivity contribution >= 4 is 17.0 Å². The molecule has 0 bridgehead atoms. The van der Waals surface area contributed by atoms with Gasteiger partial charge in [0.1, 0.15) is 11.3 Å². The molecule has 0 amide bonds. The van der Waals surface area contributed by atoms with Crippen molar-refractivity contribution < 1.29 is 9.90 Å². The lowest BCUT2D eigenvalue weighted by atomic mass is 9.69. The summed E-state index contributed by atoms with van der Waals surface area (Å²) in [5.74, 6) is 0.730. The fourth-order valence-electron chi connectivity index (χ4n) is 6.28. The molecule has 1 saturated heterocycles. The molecule has 8 nitrogen and oxygen atoms in total. The third kappa shape index (κ3) is 5.29. The van der Waals surface area contributed by atoms with Gasteiger partial charge in [0.2, 0.25) is 0 Å². The Bertz CT molecular complexity index is 1510. The van der Waals surface area contributed by atoms with E-state index < -0.39 is 11.4 Å². The fourth-order valence-corrected chi connectivity index (χ4v) is 6.28. The number of carboxylic acid groups (broad SMARTS) is 1. The van der Waals surface area contributed by atoms with E-state index in [1.807, 2.05) is 46.1 Å². The van der Waals surface area contributed by atoms with Crippen LogP contribution in [0, 0.1) is 25.2 Å². The summed E-state index contributed by atoms with van der Waals surface area (Å²) in [7, 11) is 1.87. The molecule has 4 aromatic rings. The monoisotopic (exact) mass is 542 g/mol. The Kier molecular flexibility index (Phi) is 7.82. The molecule has 3 heterocycles. The van der Waals surface area contributed by atoms with Gasteiger partial charge in [0.25, 0.3) is 0 Å². The highest BCUT2D eigenvalue weighted by molar-refractivity contribution is 5.81. The molecule has 1 N–H and O–H groups in total. The molecule has 0 radical (unpaired) electrons. The van der Waals surface area contributed by atoms with E-state index in [1.165, 1.54) is 30.4 Å². The maximum absolute atomic E-state index is 12.6. The SMILES string of the molecule is CCC1CCN(Cc2nccn2Cc2cc([C@@H](c3ccc4c(nnn4C)c3C)C(C)(C)C(=O)O)ccc2C)CC1. The standard InChI is InChI=1S/C32H42N6O2/c1-7-23-12-15-37(16-13-23)20-28-33-14-17-38(28)19-25-18-24(9-8-21(25)2)29(32(4,5)31(39)40)26-10-11-27-30(22(26)3)34-35-36(27)6/h8-11,14,17-18,23,29H,7,12-13,15-16,19-20H2,1-6H3,(H,39,40)/t29-/m0/s1. The summed E-state index contributed by atoms with van der Waals surface area (Å²) in [6.07, 6.45) is 7.75. The topological polar surface area (TPSA) is 89.1 Å². The number of hydrogen-bond donors (Lipinski definition) is 1. The van der Waals surface area contributed by atoms with Crippen LogP contribution in [-0.4, -0.2) is 53.6 Å². The average molecular weight is 543 g/mol. The molecule has 2 aromatic carbocycles. The van der Waals surface area contributed by atoms with Crippen molar-refractivity contribution in [3.05, 3.63) is 76.4 Å². The Morgan fingerprint density at radius 3 is 2.58 bits per heavy atom. The molecule has 0 unspecified atom stereocenters. The number of imidazole rings is 1. The van der Waals surface area contributed by atoms with Crippen LogP contribution in [0.4, 0.5) is 0 Å². The minimum Gasteiger partial charge on any atom is -0.481 e. The predicted octanol–water partition coefficient (Wildman–Crippen LogP) is 5.69. The molecule has 2 aromatic heterocycles. The molecular formula is C32H42N6O2. The van der Waals surface area contributed by atoms with Crippen LogP contribution in [0.25, 0.3) is 11.0 Å². The maximum Gasteiger partial charge on any atom is 0.310 e. The van der Waals surface area contributed by atoms with Crippen LogP contribution < -0.4 is 0 Å². The van der Waals surface area contributed by atoms with E-state index in [1.54, 1.807) is 4.68 Å². The van der Waals surface area contributed by atoms with Crippen molar-refractivity contribution in [2.24, 2.45) is 18.4 Å². The number of rotatable bonds is 9. The number of aliphatic carboxylic acids is 1. The number of fused-ring (bicyclic) bond motifs is 1. The Morgan fingerprint density at radius 1 is 1.12 bits per heavy atom. The zero-order valence-electron chi connectivity index (χ0n) is 24.7. The van der Waals surface area contributed by atoms with Gasteiger partial charge in [0, 0.05) is 31.9 Å². The van der Waals surface area contributed by atoms with Gasteiger partial charge in [-0.1, -0.05) is 42.8 Å². The van der Waals surface area contributed by atoms with Crippen LogP contribution >= 0.6 is 0 Å². The molecule has 5 rings (SSSR count). The summed E-state index contributed by atoms with van der Waals surface area (Å²) in [4.78, 5) is 19.9. The van der Waals surface area contributed by atoms with E-state index in [9.17, 15) is 9.90 Å². The van der Waals surface area contributed by atoms with Gasteiger partial charge < -0.3 is 9.67 Å². The lowest BCUT2D eigenvalue weighted by molar-refractivity contribution is -0.147. The van der Waals surface area contributed by atoms with Gasteiger partial charge in [-0.25, -0.2) is 9.67 Å². The number of likely N-dealkylation sites (tertiary alicyclic amines) is 1. The van der Waals surface area contributed by atoms with Crippen LogP contribution in [0.5, 0.6) is 0 Å². The molecule has 1 fully saturated rings. The van der Waals surface area contributed by atoms with Gasteiger partial charge in [-0.15, -0.1) is 5.10 Å². The summed E-state index contributed by atoms with van der Waals surface area (Å²) < 4.78 is 3.99. The van der Waals surface area contributed by atoms with Crippen molar-refractivity contribution in [1.29, 1.82) is 0 Å². The second-order valence-electron chi connectivity index (χ2n) is 12.1. The lowest BCUT2D eigenvalue weighted by Crippen LogP contribution is -2.34. The zero-order valence-corrected chi connectivity index (χ0v) is 24.7. The van der Waals surface area contributed by atoms with Crippen molar-refractivity contribution in [1.82, 2.24) is 29.4 Å². The van der Waals surface area contributed by atoms with Crippen LogP contribution in [0.1, 0.15) is 79.6 Å². The minimum absolute atomic E-state index is 0.363. The smallest absolute Gasteiger partial charge is 0.310 e. The van der Waals surface area contributed by atoms with E-state index in [-0.39, 0.29) is 5.92 Å². The molecule has 1 aliphatic heterocycles. The normalized spacial score (nSPS) is 16.1.